The minimum Gasteiger partial charge on any atom is -0.313 e. The van der Waals surface area contributed by atoms with Gasteiger partial charge in [0.05, 0.1) is 17.2 Å². The molecule has 0 radical (unpaired) electrons. The average Bonchev–Trinajstić information content (AvgIpc) is 2.39. The Morgan fingerprint density at radius 3 is 2.76 bits per heavy atom. The fourth-order valence-electron chi connectivity index (χ4n) is 2.20. The topological polar surface area (TPSA) is 50.2 Å². The van der Waals surface area contributed by atoms with Gasteiger partial charge in [0, 0.05) is 26.2 Å². The number of hydrogen-bond donors (Lipinski definition) is 1. The van der Waals surface area contributed by atoms with Crippen LogP contribution in [0.4, 0.5) is 0 Å². The summed E-state index contributed by atoms with van der Waals surface area (Å²) in [5.74, 6) is 0. The predicted molar refractivity (Wildman–Crippen MR) is 66.8 cm³/mol. The van der Waals surface area contributed by atoms with Gasteiger partial charge < -0.3 is 10.3 Å². The molecule has 5 heteroatoms. The summed E-state index contributed by atoms with van der Waals surface area (Å²) < 4.78 is 1.74. The van der Waals surface area contributed by atoms with Crippen LogP contribution >= 0.6 is 0 Å². The first kappa shape index (κ1) is 10.3. The molecule has 5 nitrogen and oxygen atoms in total. The summed E-state index contributed by atoms with van der Waals surface area (Å²) in [6.07, 6.45) is 1.39. The van der Waals surface area contributed by atoms with Crippen molar-refractivity contribution in [2.75, 3.05) is 31.2 Å². The summed E-state index contributed by atoms with van der Waals surface area (Å²) >= 11 is 0. The second kappa shape index (κ2) is 4.18. The third-order valence-corrected chi connectivity index (χ3v) is 3.01. The van der Waals surface area contributed by atoms with Crippen molar-refractivity contribution in [1.29, 1.82) is 0 Å². The number of rotatable bonds is 1. The van der Waals surface area contributed by atoms with Crippen molar-refractivity contribution in [2.45, 2.75) is 0 Å². The zero-order valence-electron chi connectivity index (χ0n) is 9.47. The second-order valence-corrected chi connectivity index (χ2v) is 4.10. The zero-order valence-corrected chi connectivity index (χ0v) is 9.47. The molecule has 1 aromatic carbocycles. The highest BCUT2D eigenvalue weighted by Crippen LogP contribution is 2.08. The Bertz CT molecular complexity index is 586. The van der Waals surface area contributed by atoms with E-state index in [9.17, 15) is 4.79 Å². The minimum atomic E-state index is -0.0643. The molecule has 88 valence electrons. The number of benzene rings is 1. The lowest BCUT2D eigenvalue weighted by molar-refractivity contribution is 0.491. The number of fused-ring (bicyclic) bond motifs is 1. The average molecular weight is 230 g/mol. The molecule has 0 spiro atoms. The molecule has 17 heavy (non-hydrogen) atoms. The van der Waals surface area contributed by atoms with E-state index in [4.69, 9.17) is 0 Å². The number of para-hydroxylation sites is 2. The highest BCUT2D eigenvalue weighted by molar-refractivity contribution is 5.74. The van der Waals surface area contributed by atoms with Crippen LogP contribution in [0.1, 0.15) is 0 Å². The Balaban J connectivity index is 2.19. The predicted octanol–water partition coefficient (Wildman–Crippen LogP) is -0.0623. The molecule has 1 N–H and O–H groups in total. The molecule has 1 saturated heterocycles. The first-order valence-corrected chi connectivity index (χ1v) is 5.79. The van der Waals surface area contributed by atoms with Gasteiger partial charge in [-0.25, -0.2) is 9.66 Å². The van der Waals surface area contributed by atoms with E-state index in [1.54, 1.807) is 4.68 Å². The van der Waals surface area contributed by atoms with E-state index >= 15 is 0 Å². The number of nitrogens with one attached hydrogen (secondary N) is 1. The van der Waals surface area contributed by atoms with Crippen molar-refractivity contribution in [1.82, 2.24) is 15.0 Å². The molecule has 0 unspecified atom stereocenters. The van der Waals surface area contributed by atoms with Crippen LogP contribution in [0.5, 0.6) is 0 Å². The van der Waals surface area contributed by atoms with E-state index in [2.05, 4.69) is 15.3 Å². The van der Waals surface area contributed by atoms with Gasteiger partial charge in [0.15, 0.2) is 0 Å². The third kappa shape index (κ3) is 1.78. The van der Waals surface area contributed by atoms with Crippen LogP contribution < -0.4 is 15.9 Å². The van der Waals surface area contributed by atoms with E-state index < -0.39 is 0 Å². The SMILES string of the molecule is O=c1cnc2ccccc2n1N1CCNCC1. The van der Waals surface area contributed by atoms with E-state index in [0.29, 0.717) is 0 Å². The van der Waals surface area contributed by atoms with Gasteiger partial charge in [0.25, 0.3) is 5.56 Å². The Labute approximate surface area is 98.7 Å². The Kier molecular flexibility index (Phi) is 2.53. The summed E-state index contributed by atoms with van der Waals surface area (Å²) in [5.41, 5.74) is 1.66. The van der Waals surface area contributed by atoms with Crippen molar-refractivity contribution in [3.05, 3.63) is 40.8 Å². The molecule has 0 bridgehead atoms. The maximum Gasteiger partial charge on any atom is 0.288 e. The van der Waals surface area contributed by atoms with Crippen LogP contribution in [-0.4, -0.2) is 35.8 Å². The lowest BCUT2D eigenvalue weighted by atomic mass is 10.3. The molecule has 0 aliphatic carbocycles. The molecule has 1 aliphatic heterocycles. The largest absolute Gasteiger partial charge is 0.313 e. The zero-order chi connectivity index (χ0) is 11.7. The Hall–Kier alpha value is -1.88. The summed E-state index contributed by atoms with van der Waals surface area (Å²) in [6.45, 7) is 3.49. The van der Waals surface area contributed by atoms with Gasteiger partial charge in [-0.05, 0) is 12.1 Å². The summed E-state index contributed by atoms with van der Waals surface area (Å²) in [6, 6.07) is 7.73. The number of hydrogen-bond acceptors (Lipinski definition) is 4. The summed E-state index contributed by atoms with van der Waals surface area (Å²) in [5, 5.41) is 5.35. The maximum absolute atomic E-state index is 12.0. The van der Waals surface area contributed by atoms with Crippen molar-refractivity contribution in [3.63, 3.8) is 0 Å². The maximum atomic E-state index is 12.0. The summed E-state index contributed by atoms with van der Waals surface area (Å²) in [7, 11) is 0. The van der Waals surface area contributed by atoms with Gasteiger partial charge in [-0.1, -0.05) is 12.1 Å². The van der Waals surface area contributed by atoms with Crippen LogP contribution in [0.25, 0.3) is 11.0 Å². The number of aromatic nitrogens is 2. The van der Waals surface area contributed by atoms with Gasteiger partial charge in [-0.2, -0.15) is 0 Å². The standard InChI is InChI=1S/C12H14N4O/c17-12-9-14-10-3-1-2-4-11(10)16(12)15-7-5-13-6-8-15/h1-4,9,13H,5-8H2. The first-order valence-electron chi connectivity index (χ1n) is 5.79. The Morgan fingerprint density at radius 1 is 1.18 bits per heavy atom. The monoisotopic (exact) mass is 230 g/mol. The van der Waals surface area contributed by atoms with E-state index in [1.807, 2.05) is 24.3 Å². The van der Waals surface area contributed by atoms with Crippen LogP contribution in [-0.2, 0) is 0 Å². The molecule has 2 aromatic rings. The van der Waals surface area contributed by atoms with Gasteiger partial charge >= 0.3 is 0 Å². The molecule has 1 fully saturated rings. The van der Waals surface area contributed by atoms with Crippen LogP contribution in [0, 0.1) is 0 Å². The second-order valence-electron chi connectivity index (χ2n) is 4.10. The fourth-order valence-corrected chi connectivity index (χ4v) is 2.20. The molecule has 0 amide bonds. The van der Waals surface area contributed by atoms with Gasteiger partial charge in [0.1, 0.15) is 0 Å². The molecule has 2 heterocycles. The van der Waals surface area contributed by atoms with Crippen molar-refractivity contribution < 1.29 is 0 Å². The van der Waals surface area contributed by atoms with Crippen molar-refractivity contribution >= 4 is 11.0 Å². The summed E-state index contributed by atoms with van der Waals surface area (Å²) in [4.78, 5) is 16.1. The van der Waals surface area contributed by atoms with E-state index in [-0.39, 0.29) is 5.56 Å². The highest BCUT2D eigenvalue weighted by atomic mass is 16.1. The lowest BCUT2D eigenvalue weighted by Gasteiger charge is -2.31. The van der Waals surface area contributed by atoms with Crippen molar-refractivity contribution in [3.8, 4) is 0 Å². The quantitative estimate of drug-likeness (QED) is 0.745. The van der Waals surface area contributed by atoms with Gasteiger partial charge in [0.2, 0.25) is 0 Å². The molecule has 0 saturated carbocycles. The van der Waals surface area contributed by atoms with Crippen LogP contribution in [0.15, 0.2) is 35.3 Å². The molecular weight excluding hydrogens is 216 g/mol. The highest BCUT2D eigenvalue weighted by Gasteiger charge is 2.13. The van der Waals surface area contributed by atoms with Crippen molar-refractivity contribution in [2.24, 2.45) is 0 Å². The first-order chi connectivity index (χ1) is 8.36. The van der Waals surface area contributed by atoms with Gasteiger partial charge in [-0.15, -0.1) is 0 Å². The molecule has 1 aromatic heterocycles. The van der Waals surface area contributed by atoms with E-state index in [0.717, 1.165) is 37.2 Å². The van der Waals surface area contributed by atoms with Crippen LogP contribution in [0.3, 0.4) is 0 Å². The molecule has 0 atom stereocenters. The smallest absolute Gasteiger partial charge is 0.288 e. The van der Waals surface area contributed by atoms with Crippen LogP contribution in [0.2, 0.25) is 0 Å². The fraction of sp³-hybridized carbons (Fsp3) is 0.333. The number of nitrogens with zero attached hydrogens (tertiary/aromatic N) is 3. The lowest BCUT2D eigenvalue weighted by Crippen LogP contribution is -2.52. The number of piperazine rings is 1. The molecule has 1 aliphatic rings. The Morgan fingerprint density at radius 2 is 1.94 bits per heavy atom. The van der Waals surface area contributed by atoms with E-state index in [1.165, 1.54) is 6.20 Å². The minimum absolute atomic E-state index is 0.0643. The molecule has 3 rings (SSSR count). The third-order valence-electron chi connectivity index (χ3n) is 3.01. The van der Waals surface area contributed by atoms with Gasteiger partial charge in [-0.3, -0.25) is 4.79 Å². The normalized spacial score (nSPS) is 16.4. The molecular formula is C12H14N4O.